The summed E-state index contributed by atoms with van der Waals surface area (Å²) in [6, 6.07) is 7.67. The molecule has 1 aliphatic rings. The van der Waals surface area contributed by atoms with E-state index in [4.69, 9.17) is 10.00 Å². The molecule has 19 heavy (non-hydrogen) atoms. The third kappa shape index (κ3) is 4.20. The van der Waals surface area contributed by atoms with Gasteiger partial charge in [0.2, 0.25) is 0 Å². The molecule has 0 atom stereocenters. The summed E-state index contributed by atoms with van der Waals surface area (Å²) in [6.07, 6.45) is 0. The molecular weight excluding hydrogens is 306 g/mol. The molecule has 0 aliphatic carbocycles. The zero-order valence-corrected chi connectivity index (χ0v) is 12.7. The third-order valence-corrected chi connectivity index (χ3v) is 3.82. The standard InChI is InChI=1S/C14H18BrN3O/c1-17-4-6-18(7-5-17)8-9-19-14-3-2-13(15)10-12(14)11-16/h2-3,10H,4-9H2,1H3. The van der Waals surface area contributed by atoms with E-state index >= 15 is 0 Å². The molecule has 0 bridgehead atoms. The molecule has 1 saturated heterocycles. The van der Waals surface area contributed by atoms with Crippen LogP contribution in [0.15, 0.2) is 22.7 Å². The fourth-order valence-corrected chi connectivity index (χ4v) is 2.43. The van der Waals surface area contributed by atoms with Gasteiger partial charge in [-0.1, -0.05) is 15.9 Å². The van der Waals surface area contributed by atoms with Crippen LogP contribution in [0.25, 0.3) is 0 Å². The minimum absolute atomic E-state index is 0.577. The van der Waals surface area contributed by atoms with E-state index in [1.165, 1.54) is 0 Å². The van der Waals surface area contributed by atoms with Crippen molar-refractivity contribution >= 4 is 15.9 Å². The smallest absolute Gasteiger partial charge is 0.137 e. The second kappa shape index (κ2) is 6.90. The van der Waals surface area contributed by atoms with Crippen molar-refractivity contribution in [3.63, 3.8) is 0 Å². The summed E-state index contributed by atoms with van der Waals surface area (Å²) >= 11 is 3.35. The molecule has 1 aromatic carbocycles. The topological polar surface area (TPSA) is 39.5 Å². The Balaban J connectivity index is 1.81. The van der Waals surface area contributed by atoms with E-state index in [0.29, 0.717) is 17.9 Å². The first-order valence-corrected chi connectivity index (χ1v) is 7.21. The van der Waals surface area contributed by atoms with Crippen molar-refractivity contribution in [2.45, 2.75) is 0 Å². The molecule has 0 spiro atoms. The monoisotopic (exact) mass is 323 g/mol. The fraction of sp³-hybridized carbons (Fsp3) is 0.500. The fourth-order valence-electron chi connectivity index (χ4n) is 2.07. The molecule has 0 amide bonds. The molecule has 0 aromatic heterocycles. The van der Waals surface area contributed by atoms with Crippen LogP contribution in [0, 0.1) is 11.3 Å². The Kier molecular flexibility index (Phi) is 5.20. The van der Waals surface area contributed by atoms with Gasteiger partial charge in [0.1, 0.15) is 18.4 Å². The SMILES string of the molecule is CN1CCN(CCOc2ccc(Br)cc2C#N)CC1. The number of likely N-dealkylation sites (N-methyl/N-ethyl adjacent to an activating group) is 1. The maximum Gasteiger partial charge on any atom is 0.137 e. The van der Waals surface area contributed by atoms with Crippen molar-refractivity contribution in [2.75, 3.05) is 46.4 Å². The van der Waals surface area contributed by atoms with E-state index < -0.39 is 0 Å². The second-order valence-corrected chi connectivity index (χ2v) is 5.66. The van der Waals surface area contributed by atoms with E-state index in [9.17, 15) is 0 Å². The van der Waals surface area contributed by atoms with Crippen LogP contribution in [-0.2, 0) is 0 Å². The molecule has 0 radical (unpaired) electrons. The molecule has 0 saturated carbocycles. The number of rotatable bonds is 4. The van der Waals surface area contributed by atoms with Gasteiger partial charge < -0.3 is 9.64 Å². The predicted octanol–water partition coefficient (Wildman–Crippen LogP) is 1.95. The Labute approximate surface area is 122 Å². The largest absolute Gasteiger partial charge is 0.491 e. The normalized spacial score (nSPS) is 17.1. The number of hydrogen-bond donors (Lipinski definition) is 0. The number of ether oxygens (including phenoxy) is 1. The zero-order valence-electron chi connectivity index (χ0n) is 11.1. The van der Waals surface area contributed by atoms with Crippen molar-refractivity contribution in [1.82, 2.24) is 9.80 Å². The third-order valence-electron chi connectivity index (χ3n) is 3.32. The van der Waals surface area contributed by atoms with Gasteiger partial charge in [0.05, 0.1) is 5.56 Å². The molecule has 0 N–H and O–H groups in total. The van der Waals surface area contributed by atoms with Crippen molar-refractivity contribution in [2.24, 2.45) is 0 Å². The van der Waals surface area contributed by atoms with Crippen LogP contribution in [0.2, 0.25) is 0 Å². The Bertz CT molecular complexity index is 464. The molecule has 1 aromatic rings. The van der Waals surface area contributed by atoms with Crippen molar-refractivity contribution < 1.29 is 4.74 Å². The van der Waals surface area contributed by atoms with Crippen LogP contribution in [0.5, 0.6) is 5.75 Å². The minimum atomic E-state index is 0.577. The summed E-state index contributed by atoms with van der Waals surface area (Å²) < 4.78 is 6.61. The number of hydrogen-bond acceptors (Lipinski definition) is 4. The highest BCUT2D eigenvalue weighted by Crippen LogP contribution is 2.22. The summed E-state index contributed by atoms with van der Waals surface area (Å²) in [4.78, 5) is 4.73. The number of nitrogens with zero attached hydrogens (tertiary/aromatic N) is 3. The Morgan fingerprint density at radius 3 is 2.74 bits per heavy atom. The number of halogens is 1. The van der Waals surface area contributed by atoms with E-state index in [0.717, 1.165) is 37.2 Å². The van der Waals surface area contributed by atoms with Gasteiger partial charge in [-0.3, -0.25) is 4.90 Å². The van der Waals surface area contributed by atoms with Gasteiger partial charge in [0, 0.05) is 37.2 Å². The minimum Gasteiger partial charge on any atom is -0.491 e. The van der Waals surface area contributed by atoms with Crippen molar-refractivity contribution in [3.8, 4) is 11.8 Å². The molecule has 0 unspecified atom stereocenters. The van der Waals surface area contributed by atoms with Crippen molar-refractivity contribution in [3.05, 3.63) is 28.2 Å². The lowest BCUT2D eigenvalue weighted by molar-refractivity contribution is 0.133. The molecule has 5 heteroatoms. The number of nitriles is 1. The molecule has 2 rings (SSSR count). The molecule has 1 heterocycles. The van der Waals surface area contributed by atoms with Gasteiger partial charge in [0.25, 0.3) is 0 Å². The van der Waals surface area contributed by atoms with Gasteiger partial charge in [-0.2, -0.15) is 5.26 Å². The number of benzene rings is 1. The molecule has 4 nitrogen and oxygen atoms in total. The maximum absolute atomic E-state index is 9.05. The molecule has 102 valence electrons. The van der Waals surface area contributed by atoms with Gasteiger partial charge >= 0.3 is 0 Å². The quantitative estimate of drug-likeness (QED) is 0.849. The molecular formula is C14H18BrN3O. The Hall–Kier alpha value is -1.09. The van der Waals surface area contributed by atoms with E-state index in [1.807, 2.05) is 12.1 Å². The summed E-state index contributed by atoms with van der Waals surface area (Å²) in [5, 5.41) is 9.05. The highest BCUT2D eigenvalue weighted by Gasteiger charge is 2.13. The lowest BCUT2D eigenvalue weighted by Gasteiger charge is -2.32. The zero-order chi connectivity index (χ0) is 13.7. The lowest BCUT2D eigenvalue weighted by atomic mass is 10.2. The van der Waals surface area contributed by atoms with Crippen LogP contribution in [-0.4, -0.2) is 56.2 Å². The van der Waals surface area contributed by atoms with Crippen molar-refractivity contribution in [1.29, 1.82) is 5.26 Å². The second-order valence-electron chi connectivity index (χ2n) is 4.75. The summed E-state index contributed by atoms with van der Waals surface area (Å²) in [7, 11) is 2.15. The molecule has 1 aliphatic heterocycles. The van der Waals surface area contributed by atoms with Gasteiger partial charge in [0.15, 0.2) is 0 Å². The average molecular weight is 324 g/mol. The van der Waals surface area contributed by atoms with Crippen LogP contribution >= 0.6 is 15.9 Å². The summed E-state index contributed by atoms with van der Waals surface area (Å²) in [6.45, 7) is 5.94. The van der Waals surface area contributed by atoms with Gasteiger partial charge in [-0.15, -0.1) is 0 Å². The van der Waals surface area contributed by atoms with Crippen LogP contribution in [0.3, 0.4) is 0 Å². The van der Waals surface area contributed by atoms with Crippen LogP contribution in [0.4, 0.5) is 0 Å². The van der Waals surface area contributed by atoms with E-state index in [1.54, 1.807) is 6.07 Å². The Morgan fingerprint density at radius 2 is 2.05 bits per heavy atom. The lowest BCUT2D eigenvalue weighted by Crippen LogP contribution is -2.45. The summed E-state index contributed by atoms with van der Waals surface area (Å²) in [5.74, 6) is 0.667. The first-order valence-electron chi connectivity index (χ1n) is 6.42. The number of piperazine rings is 1. The maximum atomic E-state index is 9.05. The van der Waals surface area contributed by atoms with Crippen LogP contribution < -0.4 is 4.74 Å². The predicted molar refractivity (Wildman–Crippen MR) is 78.3 cm³/mol. The highest BCUT2D eigenvalue weighted by molar-refractivity contribution is 9.10. The van der Waals surface area contributed by atoms with Gasteiger partial charge in [-0.25, -0.2) is 0 Å². The van der Waals surface area contributed by atoms with E-state index in [2.05, 4.69) is 38.8 Å². The summed E-state index contributed by atoms with van der Waals surface area (Å²) in [5.41, 5.74) is 0.577. The van der Waals surface area contributed by atoms with Crippen LogP contribution in [0.1, 0.15) is 5.56 Å². The highest BCUT2D eigenvalue weighted by atomic mass is 79.9. The van der Waals surface area contributed by atoms with Gasteiger partial charge in [-0.05, 0) is 25.2 Å². The first-order chi connectivity index (χ1) is 9.19. The Morgan fingerprint density at radius 1 is 1.32 bits per heavy atom. The average Bonchev–Trinajstić information content (AvgIpc) is 2.42. The molecule has 1 fully saturated rings. The van der Waals surface area contributed by atoms with E-state index in [-0.39, 0.29) is 0 Å². The first kappa shape index (κ1) is 14.3.